The van der Waals surface area contributed by atoms with E-state index in [0.29, 0.717) is 24.3 Å². The first-order valence-corrected chi connectivity index (χ1v) is 10.1. The molecular formula is C23H22N4OS. The Morgan fingerprint density at radius 1 is 1.03 bits per heavy atom. The zero-order valence-corrected chi connectivity index (χ0v) is 17.5. The van der Waals surface area contributed by atoms with E-state index >= 15 is 0 Å². The van der Waals surface area contributed by atoms with Gasteiger partial charge in [-0.3, -0.25) is 0 Å². The summed E-state index contributed by atoms with van der Waals surface area (Å²) in [4.78, 5) is 5.66. The largest absolute Gasteiger partial charge is 0.369 e. The van der Waals surface area contributed by atoms with Crippen molar-refractivity contribution in [3.8, 4) is 12.1 Å². The Kier molecular flexibility index (Phi) is 6.72. The Labute approximate surface area is 175 Å². The molecule has 6 heteroatoms. The van der Waals surface area contributed by atoms with Gasteiger partial charge in [0.25, 0.3) is 0 Å². The van der Waals surface area contributed by atoms with Gasteiger partial charge in [0, 0.05) is 11.9 Å². The molecule has 29 heavy (non-hydrogen) atoms. The van der Waals surface area contributed by atoms with Crippen LogP contribution in [0, 0.1) is 22.7 Å². The third-order valence-corrected chi connectivity index (χ3v) is 5.58. The topological polar surface area (TPSA) is 74.6 Å². The average molecular weight is 403 g/mol. The second-order valence-corrected chi connectivity index (χ2v) is 8.04. The maximum absolute atomic E-state index is 9.24. The summed E-state index contributed by atoms with van der Waals surface area (Å²) < 4.78 is 7.92. The molecule has 3 aromatic rings. The van der Waals surface area contributed by atoms with Gasteiger partial charge in [0.15, 0.2) is 0 Å². The van der Waals surface area contributed by atoms with E-state index in [-0.39, 0.29) is 5.92 Å². The highest BCUT2D eigenvalue weighted by atomic mass is 32.2. The molecule has 1 heterocycles. The Morgan fingerprint density at radius 2 is 1.69 bits per heavy atom. The molecule has 0 aliphatic heterocycles. The van der Waals surface area contributed by atoms with E-state index in [1.807, 2.05) is 41.9 Å². The lowest BCUT2D eigenvalue weighted by Gasteiger charge is -2.09. The van der Waals surface area contributed by atoms with Gasteiger partial charge in [-0.2, -0.15) is 10.5 Å². The van der Waals surface area contributed by atoms with Crippen molar-refractivity contribution >= 4 is 11.8 Å². The number of nitriles is 2. The van der Waals surface area contributed by atoms with Gasteiger partial charge in [-0.1, -0.05) is 55.9 Å². The average Bonchev–Trinajstić information content (AvgIpc) is 3.04. The highest BCUT2D eigenvalue weighted by molar-refractivity contribution is 7.99. The van der Waals surface area contributed by atoms with E-state index in [4.69, 9.17) is 9.72 Å². The van der Waals surface area contributed by atoms with Crippen LogP contribution in [0.25, 0.3) is 0 Å². The molecule has 0 aliphatic carbocycles. The zero-order chi connectivity index (χ0) is 20.8. The first kappa shape index (κ1) is 20.7. The molecule has 0 unspecified atom stereocenters. The van der Waals surface area contributed by atoms with Gasteiger partial charge in [0.1, 0.15) is 17.5 Å². The fourth-order valence-electron chi connectivity index (χ4n) is 2.91. The summed E-state index contributed by atoms with van der Waals surface area (Å²) in [6, 6.07) is 19.5. The van der Waals surface area contributed by atoms with Gasteiger partial charge in [0.05, 0.1) is 35.6 Å². The molecule has 5 nitrogen and oxygen atoms in total. The van der Waals surface area contributed by atoms with E-state index in [1.54, 1.807) is 18.2 Å². The molecule has 3 rings (SSSR count). The standard InChI is InChI=1S/C23H22N4OS/c1-16(2)22-23(29-20-10-18(12-24)9-19(11-20)13-25)27(3)21(26-22)15-28-14-17-7-5-4-6-8-17/h4-11,16H,14-15H2,1-3H3. The Hall–Kier alpha value is -3.06. The number of imidazole rings is 1. The van der Waals surface area contributed by atoms with Gasteiger partial charge in [0.2, 0.25) is 0 Å². The molecule has 0 radical (unpaired) electrons. The van der Waals surface area contributed by atoms with Crippen LogP contribution in [-0.4, -0.2) is 9.55 Å². The summed E-state index contributed by atoms with van der Waals surface area (Å²) >= 11 is 1.52. The van der Waals surface area contributed by atoms with Gasteiger partial charge >= 0.3 is 0 Å². The number of hydrogen-bond donors (Lipinski definition) is 0. The molecule has 2 aromatic carbocycles. The van der Waals surface area contributed by atoms with Crippen LogP contribution in [0.15, 0.2) is 58.5 Å². The number of ether oxygens (including phenoxy) is 1. The van der Waals surface area contributed by atoms with Crippen molar-refractivity contribution < 1.29 is 4.74 Å². The Balaban J connectivity index is 1.83. The summed E-state index contributed by atoms with van der Waals surface area (Å²) in [6.07, 6.45) is 0. The zero-order valence-electron chi connectivity index (χ0n) is 16.7. The van der Waals surface area contributed by atoms with Gasteiger partial charge in [-0.15, -0.1) is 0 Å². The van der Waals surface area contributed by atoms with Crippen molar-refractivity contribution in [2.75, 3.05) is 0 Å². The first-order chi connectivity index (χ1) is 14.0. The molecule has 0 fully saturated rings. The molecule has 1 aromatic heterocycles. The monoisotopic (exact) mass is 402 g/mol. The minimum atomic E-state index is 0.237. The van der Waals surface area contributed by atoms with Crippen LogP contribution in [-0.2, 0) is 25.0 Å². The lowest BCUT2D eigenvalue weighted by Crippen LogP contribution is -2.02. The van der Waals surface area contributed by atoms with Gasteiger partial charge < -0.3 is 9.30 Å². The SMILES string of the molecule is CC(C)c1nc(COCc2ccccc2)n(C)c1Sc1cc(C#N)cc(C#N)c1. The van der Waals surface area contributed by atoms with Crippen molar-refractivity contribution in [1.82, 2.24) is 9.55 Å². The highest BCUT2D eigenvalue weighted by Gasteiger charge is 2.19. The van der Waals surface area contributed by atoms with Crippen molar-refractivity contribution in [2.45, 2.75) is 42.9 Å². The predicted molar refractivity (Wildman–Crippen MR) is 112 cm³/mol. The van der Waals surface area contributed by atoms with E-state index in [0.717, 1.165) is 27.0 Å². The van der Waals surface area contributed by atoms with Crippen LogP contribution in [0.3, 0.4) is 0 Å². The van der Waals surface area contributed by atoms with Crippen LogP contribution < -0.4 is 0 Å². The molecule has 0 bridgehead atoms. The first-order valence-electron chi connectivity index (χ1n) is 9.32. The Morgan fingerprint density at radius 3 is 2.28 bits per heavy atom. The number of rotatable bonds is 7. The minimum absolute atomic E-state index is 0.237. The predicted octanol–water partition coefficient (Wildman–Crippen LogP) is 5.15. The molecule has 0 saturated carbocycles. The van der Waals surface area contributed by atoms with E-state index in [1.165, 1.54) is 11.8 Å². The van der Waals surface area contributed by atoms with Crippen molar-refractivity contribution in [1.29, 1.82) is 10.5 Å². The number of aromatic nitrogens is 2. The molecule has 0 aliphatic rings. The lowest BCUT2D eigenvalue weighted by atomic mass is 10.1. The van der Waals surface area contributed by atoms with Crippen LogP contribution in [0.2, 0.25) is 0 Å². The maximum Gasteiger partial charge on any atom is 0.135 e. The summed E-state index contributed by atoms with van der Waals surface area (Å²) in [7, 11) is 1.97. The molecular weight excluding hydrogens is 380 g/mol. The van der Waals surface area contributed by atoms with Crippen LogP contribution in [0.5, 0.6) is 0 Å². The van der Waals surface area contributed by atoms with E-state index in [9.17, 15) is 10.5 Å². The maximum atomic E-state index is 9.24. The third-order valence-electron chi connectivity index (χ3n) is 4.43. The molecule has 0 N–H and O–H groups in total. The molecule has 0 atom stereocenters. The van der Waals surface area contributed by atoms with Crippen molar-refractivity contribution in [3.63, 3.8) is 0 Å². The van der Waals surface area contributed by atoms with Crippen molar-refractivity contribution in [2.24, 2.45) is 7.05 Å². The molecule has 0 amide bonds. The second-order valence-electron chi connectivity index (χ2n) is 6.98. The summed E-state index contributed by atoms with van der Waals surface area (Å²) in [6.45, 7) is 5.15. The van der Waals surface area contributed by atoms with Crippen LogP contribution in [0.1, 0.15) is 48.0 Å². The van der Waals surface area contributed by atoms with E-state index < -0.39 is 0 Å². The molecule has 0 saturated heterocycles. The van der Waals surface area contributed by atoms with Crippen molar-refractivity contribution in [3.05, 3.63) is 76.7 Å². The fourth-order valence-corrected chi connectivity index (χ4v) is 4.13. The van der Waals surface area contributed by atoms with Crippen LogP contribution in [0.4, 0.5) is 0 Å². The lowest BCUT2D eigenvalue weighted by molar-refractivity contribution is 0.0995. The molecule has 146 valence electrons. The number of benzene rings is 2. The van der Waals surface area contributed by atoms with Gasteiger partial charge in [-0.25, -0.2) is 4.98 Å². The second kappa shape index (κ2) is 9.43. The smallest absolute Gasteiger partial charge is 0.135 e. The summed E-state index contributed by atoms with van der Waals surface area (Å²) in [5.41, 5.74) is 3.06. The van der Waals surface area contributed by atoms with E-state index in [2.05, 4.69) is 26.0 Å². The van der Waals surface area contributed by atoms with Gasteiger partial charge in [-0.05, 0) is 29.7 Å². The highest BCUT2D eigenvalue weighted by Crippen LogP contribution is 2.35. The Bertz CT molecular complexity index is 1040. The minimum Gasteiger partial charge on any atom is -0.369 e. The number of nitrogens with zero attached hydrogens (tertiary/aromatic N) is 4. The quantitative estimate of drug-likeness (QED) is 0.546. The summed E-state index contributed by atoms with van der Waals surface area (Å²) in [5, 5.41) is 19.5. The molecule has 0 spiro atoms. The van der Waals surface area contributed by atoms with Crippen LogP contribution >= 0.6 is 11.8 Å². The fraction of sp³-hybridized carbons (Fsp3) is 0.261. The third kappa shape index (κ3) is 5.06. The normalized spacial score (nSPS) is 10.7. The number of hydrogen-bond acceptors (Lipinski definition) is 5. The summed E-state index contributed by atoms with van der Waals surface area (Å²) in [5.74, 6) is 1.09.